The third-order valence-corrected chi connectivity index (χ3v) is 0.924. The fourth-order valence-electron chi connectivity index (χ4n) is 0.347. The molecule has 0 aliphatic heterocycles. The highest BCUT2D eigenvalue weighted by Crippen LogP contribution is 2.14. The first-order chi connectivity index (χ1) is 3.98. The van der Waals surface area contributed by atoms with E-state index in [1.54, 1.807) is 0 Å². The van der Waals surface area contributed by atoms with Crippen molar-refractivity contribution in [3.05, 3.63) is 12.7 Å². The highest BCUT2D eigenvalue weighted by Gasteiger charge is 2.30. The van der Waals surface area contributed by atoms with Crippen LogP contribution < -0.4 is 5.73 Å². The second-order valence-electron chi connectivity index (χ2n) is 1.81. The molecule has 0 rings (SSSR count). The number of nitrogens with two attached hydrogens (primary N) is 1. The van der Waals surface area contributed by atoms with Crippen molar-refractivity contribution < 1.29 is 12.9 Å². The van der Waals surface area contributed by atoms with Crippen molar-refractivity contribution in [3.8, 4) is 0 Å². The molecule has 0 radical (unpaired) electrons. The summed E-state index contributed by atoms with van der Waals surface area (Å²) in [5.74, 6) is -1.69. The molecule has 9 heavy (non-hydrogen) atoms. The molecule has 0 heterocycles. The molecule has 0 aromatic rings. The van der Waals surface area contributed by atoms with Crippen molar-refractivity contribution in [1.29, 1.82) is 0 Å². The van der Waals surface area contributed by atoms with E-state index in [-0.39, 0.29) is 6.42 Å². The minimum Gasteiger partial charge on any atom is -0.448 e. The van der Waals surface area contributed by atoms with Gasteiger partial charge >= 0.3 is 6.98 Å². The minimum absolute atomic E-state index is 0.191. The Bertz CT molecular complexity index is 100. The van der Waals surface area contributed by atoms with E-state index in [0.717, 1.165) is 0 Å². The van der Waals surface area contributed by atoms with E-state index in [4.69, 9.17) is 5.73 Å². The molecule has 0 saturated heterocycles. The maximum absolute atomic E-state index is 11.5. The summed E-state index contributed by atoms with van der Waals surface area (Å²) in [6.45, 7) is -1.72. The Morgan fingerprint density at radius 1 is 1.56 bits per heavy atom. The summed E-state index contributed by atoms with van der Waals surface area (Å²) in [6.07, 6.45) is 0.976. The zero-order chi connectivity index (χ0) is 7.49. The maximum atomic E-state index is 11.5. The fourth-order valence-corrected chi connectivity index (χ4v) is 0.347. The van der Waals surface area contributed by atoms with Crippen molar-refractivity contribution in [2.24, 2.45) is 5.73 Å². The standard InChI is InChI=1S/C4H8BF3N/c1-2-3-4(9)5(6,7)8/h2,4H,1,3,9H2/q-1. The summed E-state index contributed by atoms with van der Waals surface area (Å²) >= 11 is 0. The molecule has 5 heteroatoms. The van der Waals surface area contributed by atoms with Crippen LogP contribution in [0.5, 0.6) is 0 Å². The van der Waals surface area contributed by atoms with Gasteiger partial charge in [-0.15, -0.1) is 6.58 Å². The van der Waals surface area contributed by atoms with Crippen LogP contribution in [0.4, 0.5) is 12.9 Å². The monoisotopic (exact) mass is 138 g/mol. The fraction of sp³-hybridized carbons (Fsp3) is 0.500. The Balaban J connectivity index is 3.72. The lowest BCUT2D eigenvalue weighted by molar-refractivity contribution is 0.437. The van der Waals surface area contributed by atoms with Crippen molar-refractivity contribution >= 4 is 6.98 Å². The third-order valence-electron chi connectivity index (χ3n) is 0.924. The predicted octanol–water partition coefficient (Wildman–Crippen LogP) is 1.28. The van der Waals surface area contributed by atoms with Crippen molar-refractivity contribution in [3.63, 3.8) is 0 Å². The van der Waals surface area contributed by atoms with Gasteiger partial charge in [0.2, 0.25) is 0 Å². The molecule has 0 aliphatic carbocycles. The smallest absolute Gasteiger partial charge is 0.448 e. The van der Waals surface area contributed by atoms with Gasteiger partial charge in [-0.1, -0.05) is 6.08 Å². The van der Waals surface area contributed by atoms with Crippen molar-refractivity contribution in [2.75, 3.05) is 0 Å². The molecule has 1 atom stereocenters. The van der Waals surface area contributed by atoms with Crippen LogP contribution in [0.15, 0.2) is 12.7 Å². The van der Waals surface area contributed by atoms with Gasteiger partial charge in [-0.2, -0.15) is 0 Å². The first kappa shape index (κ1) is 8.55. The van der Waals surface area contributed by atoms with Crippen LogP contribution in [0.3, 0.4) is 0 Å². The lowest BCUT2D eigenvalue weighted by Crippen LogP contribution is -2.41. The number of hydrogen-bond acceptors (Lipinski definition) is 1. The molecule has 0 bridgehead atoms. The second-order valence-corrected chi connectivity index (χ2v) is 1.81. The van der Waals surface area contributed by atoms with E-state index in [2.05, 4.69) is 6.58 Å². The third kappa shape index (κ3) is 3.19. The van der Waals surface area contributed by atoms with E-state index < -0.39 is 12.9 Å². The summed E-state index contributed by atoms with van der Waals surface area (Å²) in [6, 6.07) is 0. The first-order valence-corrected chi connectivity index (χ1v) is 2.55. The molecule has 2 N–H and O–H groups in total. The average molecular weight is 138 g/mol. The number of hydrogen-bond donors (Lipinski definition) is 1. The van der Waals surface area contributed by atoms with Crippen molar-refractivity contribution in [2.45, 2.75) is 12.4 Å². The Kier molecular flexibility index (Phi) is 2.77. The molecule has 0 aromatic heterocycles. The molecule has 1 unspecified atom stereocenters. The van der Waals surface area contributed by atoms with E-state index in [0.29, 0.717) is 0 Å². The Labute approximate surface area is 51.8 Å². The van der Waals surface area contributed by atoms with Crippen LogP contribution in [-0.4, -0.2) is 12.9 Å². The van der Waals surface area contributed by atoms with Crippen molar-refractivity contribution in [1.82, 2.24) is 0 Å². The molecule has 0 amide bonds. The summed E-state index contributed by atoms with van der Waals surface area (Å²) in [5, 5.41) is 0. The van der Waals surface area contributed by atoms with Gasteiger partial charge in [-0.25, -0.2) is 0 Å². The number of rotatable bonds is 3. The quantitative estimate of drug-likeness (QED) is 0.461. The normalized spacial score (nSPS) is 15.1. The highest BCUT2D eigenvalue weighted by atomic mass is 19.4. The topological polar surface area (TPSA) is 26.0 Å². The molecular weight excluding hydrogens is 130 g/mol. The summed E-state index contributed by atoms with van der Waals surface area (Å²) in [5.41, 5.74) is 4.69. The molecule has 0 spiro atoms. The summed E-state index contributed by atoms with van der Waals surface area (Å²) in [4.78, 5) is 0. The molecule has 0 saturated carbocycles. The molecule has 0 fully saturated rings. The average Bonchev–Trinajstić information content (AvgIpc) is 1.64. The number of halogens is 3. The molecule has 54 valence electrons. The summed E-state index contributed by atoms with van der Waals surface area (Å²) < 4.78 is 34.6. The zero-order valence-corrected chi connectivity index (χ0v) is 4.86. The molecule has 1 nitrogen and oxygen atoms in total. The van der Waals surface area contributed by atoms with E-state index in [9.17, 15) is 12.9 Å². The van der Waals surface area contributed by atoms with Gasteiger partial charge in [-0.3, -0.25) is 0 Å². The SMILES string of the molecule is C=CCC(N)[B-](F)(F)F. The van der Waals surface area contributed by atoms with E-state index in [1.807, 2.05) is 0 Å². The van der Waals surface area contributed by atoms with E-state index in [1.165, 1.54) is 6.08 Å². The predicted molar refractivity (Wildman–Crippen MR) is 31.9 cm³/mol. The van der Waals surface area contributed by atoms with Gasteiger partial charge in [0.15, 0.2) is 0 Å². The van der Waals surface area contributed by atoms with Gasteiger partial charge in [0.1, 0.15) is 0 Å². The lowest BCUT2D eigenvalue weighted by Gasteiger charge is -2.20. The zero-order valence-electron chi connectivity index (χ0n) is 4.86. The van der Waals surface area contributed by atoms with Gasteiger partial charge in [0, 0.05) is 0 Å². The highest BCUT2D eigenvalue weighted by molar-refractivity contribution is 6.60. The van der Waals surface area contributed by atoms with E-state index >= 15 is 0 Å². The van der Waals surface area contributed by atoms with Crippen LogP contribution in [0, 0.1) is 0 Å². The van der Waals surface area contributed by atoms with Crippen LogP contribution in [-0.2, 0) is 0 Å². The van der Waals surface area contributed by atoms with Gasteiger partial charge < -0.3 is 18.7 Å². The van der Waals surface area contributed by atoms with Crippen LogP contribution >= 0.6 is 0 Å². The molecule has 0 aliphatic rings. The maximum Gasteiger partial charge on any atom is 0.494 e. The van der Waals surface area contributed by atoms with Crippen LogP contribution in [0.25, 0.3) is 0 Å². The van der Waals surface area contributed by atoms with Gasteiger partial charge in [0.25, 0.3) is 0 Å². The van der Waals surface area contributed by atoms with Crippen LogP contribution in [0.2, 0.25) is 0 Å². The largest absolute Gasteiger partial charge is 0.494 e. The Morgan fingerprint density at radius 3 is 2.11 bits per heavy atom. The Morgan fingerprint density at radius 2 is 2.00 bits per heavy atom. The lowest BCUT2D eigenvalue weighted by atomic mass is 9.78. The molecular formula is C4H8BF3N-. The van der Waals surface area contributed by atoms with Gasteiger partial charge in [0.05, 0.1) is 0 Å². The van der Waals surface area contributed by atoms with Crippen LogP contribution in [0.1, 0.15) is 6.42 Å². The Hall–Kier alpha value is -0.445. The molecule has 0 aromatic carbocycles. The second kappa shape index (κ2) is 2.91. The minimum atomic E-state index is -4.86. The van der Waals surface area contributed by atoms with Gasteiger partial charge in [-0.05, 0) is 12.4 Å². The first-order valence-electron chi connectivity index (χ1n) is 2.55. The summed E-state index contributed by atoms with van der Waals surface area (Å²) in [7, 11) is 0.